The van der Waals surface area contributed by atoms with Crippen molar-refractivity contribution in [3.63, 3.8) is 0 Å². The molecular formula is C17H13NO3. The van der Waals surface area contributed by atoms with Crippen LogP contribution in [0.5, 0.6) is 11.5 Å². The van der Waals surface area contributed by atoms with Crippen molar-refractivity contribution in [1.29, 1.82) is 5.26 Å². The molecule has 104 valence electrons. The summed E-state index contributed by atoms with van der Waals surface area (Å²) in [6.07, 6.45) is 7.15. The molecule has 3 atom stereocenters. The second kappa shape index (κ2) is 3.98. The van der Waals surface area contributed by atoms with Crippen LogP contribution in [0.1, 0.15) is 17.5 Å². The Balaban J connectivity index is 2.07. The fourth-order valence-electron chi connectivity index (χ4n) is 3.81. The predicted molar refractivity (Wildman–Crippen MR) is 76.0 cm³/mol. The maximum Gasteiger partial charge on any atom is 0.196 e. The number of carbonyl (C=O) groups is 1. The van der Waals surface area contributed by atoms with Crippen LogP contribution >= 0.6 is 0 Å². The van der Waals surface area contributed by atoms with Gasteiger partial charge in [-0.25, -0.2) is 0 Å². The second-order valence-corrected chi connectivity index (χ2v) is 5.58. The zero-order valence-corrected chi connectivity index (χ0v) is 11.5. The maximum absolute atomic E-state index is 12.3. The van der Waals surface area contributed by atoms with E-state index < -0.39 is 11.5 Å². The number of allylic oxidation sites excluding steroid dienone is 2. The number of hydrogen-bond donors (Lipinski definition) is 0. The number of ketones is 1. The molecule has 0 saturated heterocycles. The molecule has 1 aliphatic heterocycles. The minimum Gasteiger partial charge on any atom is -0.493 e. The quantitative estimate of drug-likeness (QED) is 0.834. The van der Waals surface area contributed by atoms with Crippen molar-refractivity contribution < 1.29 is 14.3 Å². The van der Waals surface area contributed by atoms with Crippen LogP contribution in [0.4, 0.5) is 0 Å². The summed E-state index contributed by atoms with van der Waals surface area (Å²) >= 11 is 0. The lowest BCUT2D eigenvalue weighted by molar-refractivity contribution is -0.124. The minimum absolute atomic E-state index is 0.000654. The summed E-state index contributed by atoms with van der Waals surface area (Å²) in [5.41, 5.74) is 1.33. The first-order chi connectivity index (χ1) is 10.2. The van der Waals surface area contributed by atoms with Crippen molar-refractivity contribution in [2.45, 2.75) is 17.9 Å². The van der Waals surface area contributed by atoms with Gasteiger partial charge in [0.1, 0.15) is 0 Å². The van der Waals surface area contributed by atoms with Crippen molar-refractivity contribution >= 4 is 11.9 Å². The number of ether oxygens (including phenoxy) is 2. The molecule has 0 amide bonds. The first-order valence-electron chi connectivity index (χ1n) is 6.87. The number of hydrogen-bond acceptors (Lipinski definition) is 4. The van der Waals surface area contributed by atoms with Gasteiger partial charge in [0, 0.05) is 17.9 Å². The van der Waals surface area contributed by atoms with E-state index in [2.05, 4.69) is 12.1 Å². The Labute approximate surface area is 122 Å². The number of benzene rings is 1. The van der Waals surface area contributed by atoms with Gasteiger partial charge in [-0.15, -0.1) is 0 Å². The van der Waals surface area contributed by atoms with E-state index in [0.717, 1.165) is 11.1 Å². The number of carbonyl (C=O) groups excluding carboxylic acids is 1. The molecule has 0 bridgehead atoms. The fraction of sp³-hybridized carbons (Fsp3) is 0.294. The summed E-state index contributed by atoms with van der Waals surface area (Å²) in [6.45, 7) is 0. The standard InChI is InChI=1S/C17H13NO3/c1-20-13-7-3-10-2-4-11-5-6-12(19)16-17(11,8-9-18)14(10)15(13)21-16/h2-7,11,16H,8H2,1H3. The monoisotopic (exact) mass is 279 g/mol. The van der Waals surface area contributed by atoms with Gasteiger partial charge in [-0.3, -0.25) is 4.79 Å². The third kappa shape index (κ3) is 1.31. The topological polar surface area (TPSA) is 59.3 Å². The highest BCUT2D eigenvalue weighted by Gasteiger charge is 2.59. The van der Waals surface area contributed by atoms with Gasteiger partial charge in [0.15, 0.2) is 23.4 Å². The van der Waals surface area contributed by atoms with Crippen LogP contribution in [0.2, 0.25) is 0 Å². The smallest absolute Gasteiger partial charge is 0.196 e. The number of methoxy groups -OCH3 is 1. The molecule has 0 spiro atoms. The summed E-state index contributed by atoms with van der Waals surface area (Å²) in [4.78, 5) is 12.3. The van der Waals surface area contributed by atoms with E-state index in [0.29, 0.717) is 11.5 Å². The van der Waals surface area contributed by atoms with E-state index in [1.807, 2.05) is 24.3 Å². The van der Waals surface area contributed by atoms with Gasteiger partial charge in [-0.1, -0.05) is 24.3 Å². The lowest BCUT2D eigenvalue weighted by Crippen LogP contribution is -2.50. The Morgan fingerprint density at radius 1 is 1.38 bits per heavy atom. The molecule has 0 radical (unpaired) electrons. The Bertz CT molecular complexity index is 756. The van der Waals surface area contributed by atoms with Crippen LogP contribution in [0, 0.1) is 17.2 Å². The summed E-state index contributed by atoms with van der Waals surface area (Å²) in [6, 6.07) is 6.05. The normalized spacial score (nSPS) is 30.6. The first kappa shape index (κ1) is 12.2. The van der Waals surface area contributed by atoms with Crippen LogP contribution in [0.25, 0.3) is 6.08 Å². The number of nitriles is 1. The van der Waals surface area contributed by atoms with Gasteiger partial charge < -0.3 is 9.47 Å². The lowest BCUT2D eigenvalue weighted by atomic mass is 9.59. The van der Waals surface area contributed by atoms with Gasteiger partial charge in [0.05, 0.1) is 18.6 Å². The number of rotatable bonds is 2. The zero-order valence-electron chi connectivity index (χ0n) is 11.5. The minimum atomic E-state index is -0.637. The Kier molecular flexibility index (Phi) is 2.32. The molecule has 3 unspecified atom stereocenters. The van der Waals surface area contributed by atoms with E-state index in [1.54, 1.807) is 13.2 Å². The molecule has 0 saturated carbocycles. The highest BCUT2D eigenvalue weighted by atomic mass is 16.5. The molecule has 4 heteroatoms. The summed E-state index contributed by atoms with van der Waals surface area (Å²) in [5, 5.41) is 9.34. The maximum atomic E-state index is 12.3. The van der Waals surface area contributed by atoms with Crippen molar-refractivity contribution in [2.75, 3.05) is 7.11 Å². The molecule has 1 aromatic carbocycles. The van der Waals surface area contributed by atoms with Gasteiger partial charge in [0.2, 0.25) is 0 Å². The molecular weight excluding hydrogens is 266 g/mol. The largest absolute Gasteiger partial charge is 0.493 e. The van der Waals surface area contributed by atoms with Crippen molar-refractivity contribution in [3.8, 4) is 17.6 Å². The molecule has 2 aliphatic carbocycles. The average molecular weight is 279 g/mol. The molecule has 1 aromatic rings. The second-order valence-electron chi connectivity index (χ2n) is 5.58. The van der Waals surface area contributed by atoms with Gasteiger partial charge >= 0.3 is 0 Å². The zero-order chi connectivity index (χ0) is 14.6. The van der Waals surface area contributed by atoms with Crippen LogP contribution in [-0.4, -0.2) is 19.0 Å². The highest BCUT2D eigenvalue weighted by Crippen LogP contribution is 2.58. The molecule has 0 N–H and O–H groups in total. The van der Waals surface area contributed by atoms with Crippen molar-refractivity contribution in [2.24, 2.45) is 5.92 Å². The van der Waals surface area contributed by atoms with Crippen LogP contribution in [0.15, 0.2) is 30.4 Å². The van der Waals surface area contributed by atoms with Crippen LogP contribution in [-0.2, 0) is 10.2 Å². The van der Waals surface area contributed by atoms with E-state index in [9.17, 15) is 10.1 Å². The van der Waals surface area contributed by atoms with Crippen LogP contribution < -0.4 is 9.47 Å². The third-order valence-corrected chi connectivity index (χ3v) is 4.72. The SMILES string of the molecule is COc1ccc2c3c1OC1C(=O)C=CC(C=C2)C31CC#N. The third-order valence-electron chi connectivity index (χ3n) is 4.72. The Morgan fingerprint density at radius 3 is 2.95 bits per heavy atom. The number of nitrogens with zero attached hydrogens (tertiary/aromatic N) is 1. The van der Waals surface area contributed by atoms with Gasteiger partial charge in [0.25, 0.3) is 0 Å². The van der Waals surface area contributed by atoms with E-state index in [-0.39, 0.29) is 18.1 Å². The van der Waals surface area contributed by atoms with E-state index in [1.165, 1.54) is 0 Å². The van der Waals surface area contributed by atoms with Crippen molar-refractivity contribution in [3.05, 3.63) is 41.5 Å². The molecule has 1 heterocycles. The molecule has 21 heavy (non-hydrogen) atoms. The average Bonchev–Trinajstić information content (AvgIpc) is 2.85. The van der Waals surface area contributed by atoms with Crippen molar-refractivity contribution in [1.82, 2.24) is 0 Å². The Hall–Kier alpha value is -2.54. The predicted octanol–water partition coefficient (Wildman–Crippen LogP) is 2.39. The first-order valence-corrected chi connectivity index (χ1v) is 6.87. The van der Waals surface area contributed by atoms with Gasteiger partial charge in [-0.2, -0.15) is 5.26 Å². The molecule has 0 aromatic heterocycles. The van der Waals surface area contributed by atoms with E-state index >= 15 is 0 Å². The Morgan fingerprint density at radius 2 is 2.19 bits per heavy atom. The molecule has 4 nitrogen and oxygen atoms in total. The van der Waals surface area contributed by atoms with E-state index in [4.69, 9.17) is 9.47 Å². The van der Waals surface area contributed by atoms with Gasteiger partial charge in [-0.05, 0) is 17.7 Å². The lowest BCUT2D eigenvalue weighted by Gasteiger charge is -2.40. The van der Waals surface area contributed by atoms with Crippen LogP contribution in [0.3, 0.4) is 0 Å². The summed E-state index contributed by atoms with van der Waals surface area (Å²) < 4.78 is 11.3. The molecule has 4 rings (SSSR count). The molecule has 0 fully saturated rings. The highest BCUT2D eigenvalue weighted by molar-refractivity contribution is 5.98. The fourth-order valence-corrected chi connectivity index (χ4v) is 3.81. The summed E-state index contributed by atoms with van der Waals surface area (Å²) in [5.74, 6) is 1.14. The molecule has 3 aliphatic rings. The summed E-state index contributed by atoms with van der Waals surface area (Å²) in [7, 11) is 1.58.